The minimum absolute atomic E-state index is 0.162. The molecule has 0 N–H and O–H groups in total. The van der Waals surface area contributed by atoms with Gasteiger partial charge in [-0.2, -0.15) is 0 Å². The number of hydrogen-bond donors (Lipinski definition) is 0. The molecule has 1 unspecified atom stereocenters. The highest BCUT2D eigenvalue weighted by Crippen LogP contribution is 2.08. The Morgan fingerprint density at radius 3 is 2.17 bits per heavy atom. The third-order valence-electron chi connectivity index (χ3n) is 1.49. The summed E-state index contributed by atoms with van der Waals surface area (Å²) in [6.45, 7) is 2.04. The van der Waals surface area contributed by atoms with Crippen molar-refractivity contribution in [3.05, 3.63) is 23.2 Å². The van der Waals surface area contributed by atoms with Crippen molar-refractivity contribution in [2.75, 3.05) is 14.2 Å². The number of hydrogen-bond acceptors (Lipinski definition) is 2. The zero-order valence-electron chi connectivity index (χ0n) is 7.66. The van der Waals surface area contributed by atoms with Crippen molar-refractivity contribution in [3.63, 3.8) is 0 Å². The van der Waals surface area contributed by atoms with E-state index in [2.05, 4.69) is 15.9 Å². The smallest absolute Gasteiger partial charge is 0.162 e. The summed E-state index contributed by atoms with van der Waals surface area (Å²) in [7, 11) is 3.28. The summed E-state index contributed by atoms with van der Waals surface area (Å²) in [5.74, 6) is 0.253. The molecule has 0 spiro atoms. The molecule has 0 aliphatic carbocycles. The van der Waals surface area contributed by atoms with Gasteiger partial charge >= 0.3 is 0 Å². The van der Waals surface area contributed by atoms with Crippen LogP contribution in [0, 0.1) is 5.92 Å². The maximum atomic E-state index is 5.08. The Morgan fingerprint density at radius 2 is 1.75 bits per heavy atom. The molecular formula is C9H15BrO2. The molecule has 0 amide bonds. The van der Waals surface area contributed by atoms with E-state index in [0.717, 1.165) is 0 Å². The molecule has 0 aromatic heterocycles. The quantitative estimate of drug-likeness (QED) is 0.538. The van der Waals surface area contributed by atoms with E-state index in [1.54, 1.807) is 19.2 Å². The molecule has 3 heteroatoms. The fourth-order valence-corrected chi connectivity index (χ4v) is 1.07. The number of methoxy groups -OCH3 is 2. The topological polar surface area (TPSA) is 18.5 Å². The van der Waals surface area contributed by atoms with Crippen molar-refractivity contribution in [1.29, 1.82) is 0 Å². The highest BCUT2D eigenvalue weighted by Gasteiger charge is 2.11. The minimum atomic E-state index is -0.162. The Bertz CT molecular complexity index is 151. The molecule has 12 heavy (non-hydrogen) atoms. The van der Waals surface area contributed by atoms with E-state index in [-0.39, 0.29) is 12.2 Å². The third-order valence-corrected chi connectivity index (χ3v) is 1.80. The fraction of sp³-hybridized carbons (Fsp3) is 0.556. The molecule has 0 heterocycles. The zero-order valence-corrected chi connectivity index (χ0v) is 9.24. The molecule has 2 nitrogen and oxygen atoms in total. The standard InChI is InChI=1S/C9H15BrO2/c1-8(6-4-5-7-10)9(11-2)12-3/h4-9H,1-3H3/b6-4+,7-5+. The molecule has 0 rings (SSSR count). The van der Waals surface area contributed by atoms with Gasteiger partial charge in [0, 0.05) is 20.1 Å². The summed E-state index contributed by atoms with van der Waals surface area (Å²) in [5.41, 5.74) is 0. The van der Waals surface area contributed by atoms with Gasteiger partial charge in [-0.1, -0.05) is 41.1 Å². The van der Waals surface area contributed by atoms with Crippen molar-refractivity contribution in [2.24, 2.45) is 5.92 Å². The van der Waals surface area contributed by atoms with Gasteiger partial charge in [-0.15, -0.1) is 0 Å². The van der Waals surface area contributed by atoms with Gasteiger partial charge in [-0.3, -0.25) is 0 Å². The maximum absolute atomic E-state index is 5.08. The molecule has 1 atom stereocenters. The van der Waals surface area contributed by atoms with E-state index >= 15 is 0 Å². The van der Waals surface area contributed by atoms with Crippen LogP contribution < -0.4 is 0 Å². The van der Waals surface area contributed by atoms with Gasteiger partial charge in [0.05, 0.1) is 0 Å². The van der Waals surface area contributed by atoms with E-state index in [1.165, 1.54) is 0 Å². The second kappa shape index (κ2) is 7.53. The Hall–Kier alpha value is -0.120. The number of ether oxygens (including phenoxy) is 2. The van der Waals surface area contributed by atoms with Gasteiger partial charge in [0.2, 0.25) is 0 Å². The average Bonchev–Trinajstić information content (AvgIpc) is 2.07. The lowest BCUT2D eigenvalue weighted by Gasteiger charge is -2.17. The van der Waals surface area contributed by atoms with E-state index in [0.29, 0.717) is 0 Å². The van der Waals surface area contributed by atoms with E-state index < -0.39 is 0 Å². The molecule has 0 aliphatic heterocycles. The fourth-order valence-electron chi connectivity index (χ4n) is 0.898. The van der Waals surface area contributed by atoms with Crippen LogP contribution in [0.4, 0.5) is 0 Å². The molecule has 0 saturated carbocycles. The lowest BCUT2D eigenvalue weighted by atomic mass is 10.1. The molecule has 70 valence electrons. The van der Waals surface area contributed by atoms with Crippen LogP contribution in [0.2, 0.25) is 0 Å². The van der Waals surface area contributed by atoms with Crippen LogP contribution in [0.1, 0.15) is 6.92 Å². The second-order valence-corrected chi connectivity index (χ2v) is 2.93. The third kappa shape index (κ3) is 4.70. The normalized spacial score (nSPS) is 15.1. The highest BCUT2D eigenvalue weighted by molar-refractivity contribution is 9.11. The average molecular weight is 235 g/mol. The first-order valence-electron chi connectivity index (χ1n) is 3.75. The summed E-state index contributed by atoms with van der Waals surface area (Å²) in [6, 6.07) is 0. The van der Waals surface area contributed by atoms with Crippen molar-refractivity contribution < 1.29 is 9.47 Å². The van der Waals surface area contributed by atoms with Crippen LogP contribution in [0.25, 0.3) is 0 Å². The molecule has 0 aromatic carbocycles. The van der Waals surface area contributed by atoms with Crippen LogP contribution >= 0.6 is 15.9 Å². The Labute approximate surface area is 82.4 Å². The Morgan fingerprint density at radius 1 is 1.17 bits per heavy atom. The predicted molar refractivity (Wildman–Crippen MR) is 54.2 cm³/mol. The molecule has 0 fully saturated rings. The number of halogens is 1. The van der Waals surface area contributed by atoms with Gasteiger partial charge < -0.3 is 9.47 Å². The molecular weight excluding hydrogens is 220 g/mol. The summed E-state index contributed by atoms with van der Waals surface area (Å²) in [5, 5.41) is 0. The van der Waals surface area contributed by atoms with Gasteiger partial charge in [0.1, 0.15) is 0 Å². The number of allylic oxidation sites excluding steroid dienone is 2. The summed E-state index contributed by atoms with van der Waals surface area (Å²) < 4.78 is 10.2. The van der Waals surface area contributed by atoms with Gasteiger partial charge in [0.25, 0.3) is 0 Å². The SMILES string of the molecule is COC(OC)C(C)/C=C/C=C/Br. The van der Waals surface area contributed by atoms with Crippen LogP contribution in [0.3, 0.4) is 0 Å². The molecule has 0 bridgehead atoms. The molecule has 0 aromatic rings. The van der Waals surface area contributed by atoms with Crippen LogP contribution in [0.15, 0.2) is 23.2 Å². The highest BCUT2D eigenvalue weighted by atomic mass is 79.9. The Kier molecular flexibility index (Phi) is 7.45. The second-order valence-electron chi connectivity index (χ2n) is 2.40. The van der Waals surface area contributed by atoms with Crippen LogP contribution in [0.5, 0.6) is 0 Å². The van der Waals surface area contributed by atoms with E-state index in [1.807, 2.05) is 25.2 Å². The first-order chi connectivity index (χ1) is 5.76. The minimum Gasteiger partial charge on any atom is -0.355 e. The van der Waals surface area contributed by atoms with Crippen molar-refractivity contribution >= 4 is 15.9 Å². The summed E-state index contributed by atoms with van der Waals surface area (Å²) in [4.78, 5) is 1.80. The van der Waals surface area contributed by atoms with Crippen LogP contribution in [-0.2, 0) is 9.47 Å². The first kappa shape index (κ1) is 11.9. The largest absolute Gasteiger partial charge is 0.355 e. The van der Waals surface area contributed by atoms with Crippen molar-refractivity contribution in [1.82, 2.24) is 0 Å². The monoisotopic (exact) mass is 234 g/mol. The Balaban J connectivity index is 3.90. The summed E-state index contributed by atoms with van der Waals surface area (Å²) in [6.07, 6.45) is 5.71. The first-order valence-corrected chi connectivity index (χ1v) is 4.67. The van der Waals surface area contributed by atoms with E-state index in [9.17, 15) is 0 Å². The van der Waals surface area contributed by atoms with Gasteiger partial charge in [-0.25, -0.2) is 0 Å². The zero-order chi connectivity index (χ0) is 9.40. The van der Waals surface area contributed by atoms with E-state index in [4.69, 9.17) is 9.47 Å². The maximum Gasteiger partial charge on any atom is 0.162 e. The van der Waals surface area contributed by atoms with Crippen molar-refractivity contribution in [3.8, 4) is 0 Å². The molecule has 0 aliphatic rings. The van der Waals surface area contributed by atoms with Crippen LogP contribution in [-0.4, -0.2) is 20.5 Å². The summed E-state index contributed by atoms with van der Waals surface area (Å²) >= 11 is 3.18. The molecule has 0 radical (unpaired) electrons. The lowest BCUT2D eigenvalue weighted by molar-refractivity contribution is -0.122. The van der Waals surface area contributed by atoms with Gasteiger partial charge in [-0.05, 0) is 4.99 Å². The number of rotatable bonds is 5. The van der Waals surface area contributed by atoms with Crippen molar-refractivity contribution in [2.45, 2.75) is 13.2 Å². The predicted octanol–water partition coefficient (Wildman–Crippen LogP) is 2.71. The lowest BCUT2D eigenvalue weighted by Crippen LogP contribution is -2.20. The molecule has 0 saturated heterocycles. The van der Waals surface area contributed by atoms with Gasteiger partial charge in [0.15, 0.2) is 6.29 Å².